The Hall–Kier alpha value is -4.95. The molecular weight excluding hydrogens is 566 g/mol. The number of anilines is 1. The molecule has 0 N–H and O–H groups in total. The van der Waals surface area contributed by atoms with E-state index in [1.165, 1.54) is 0 Å². The van der Waals surface area contributed by atoms with Gasteiger partial charge in [-0.2, -0.15) is 0 Å². The summed E-state index contributed by atoms with van der Waals surface area (Å²) in [6, 6.07) is 25.5. The topological polar surface area (TPSA) is 79.4 Å². The summed E-state index contributed by atoms with van der Waals surface area (Å²) >= 11 is 0. The van der Waals surface area contributed by atoms with Gasteiger partial charge in [0.1, 0.15) is 17.4 Å². The van der Waals surface area contributed by atoms with Gasteiger partial charge in [-0.25, -0.2) is 0 Å². The Kier molecular flexibility index (Phi) is 8.41. The first-order valence-corrected chi connectivity index (χ1v) is 15.1. The number of amides is 3. The molecule has 3 aromatic carbocycles. The highest BCUT2D eigenvalue weighted by Gasteiger charge is 2.73. The van der Waals surface area contributed by atoms with E-state index >= 15 is 0 Å². The van der Waals surface area contributed by atoms with Crippen molar-refractivity contribution in [3.05, 3.63) is 134 Å². The van der Waals surface area contributed by atoms with E-state index in [4.69, 9.17) is 9.47 Å². The molecule has 3 amide bonds. The lowest BCUT2D eigenvalue weighted by Gasteiger charge is -2.36. The monoisotopic (exact) mass is 603 g/mol. The number of carbonyl (C=O) groups is 3. The second kappa shape index (κ2) is 12.6. The van der Waals surface area contributed by atoms with Crippen molar-refractivity contribution in [2.45, 2.75) is 30.8 Å². The zero-order valence-corrected chi connectivity index (χ0v) is 25.3. The van der Waals surface area contributed by atoms with Gasteiger partial charge in [-0.15, -0.1) is 13.2 Å². The third kappa shape index (κ3) is 5.36. The molecule has 3 aromatic rings. The molecular formula is C37H37N3O5. The van der Waals surface area contributed by atoms with Crippen molar-refractivity contribution in [3.63, 3.8) is 0 Å². The highest BCUT2D eigenvalue weighted by atomic mass is 16.5. The summed E-state index contributed by atoms with van der Waals surface area (Å²) < 4.78 is 11.9. The maximum Gasteiger partial charge on any atom is 0.249 e. The Bertz CT molecular complexity index is 1610. The lowest BCUT2D eigenvalue weighted by Crippen LogP contribution is -2.55. The van der Waals surface area contributed by atoms with Gasteiger partial charge in [-0.3, -0.25) is 14.4 Å². The summed E-state index contributed by atoms with van der Waals surface area (Å²) in [7, 11) is 1.58. The van der Waals surface area contributed by atoms with Crippen LogP contribution in [0.25, 0.3) is 0 Å². The van der Waals surface area contributed by atoms with E-state index in [2.05, 4.69) is 13.2 Å². The molecule has 0 aromatic heterocycles. The predicted molar refractivity (Wildman–Crippen MR) is 172 cm³/mol. The second-order valence-corrected chi connectivity index (χ2v) is 11.6. The van der Waals surface area contributed by atoms with Crippen LogP contribution in [0.2, 0.25) is 0 Å². The van der Waals surface area contributed by atoms with Crippen LogP contribution in [0.4, 0.5) is 5.69 Å². The number of hydrogen-bond donors (Lipinski definition) is 0. The highest BCUT2D eigenvalue weighted by Crippen LogP contribution is 2.56. The molecule has 45 heavy (non-hydrogen) atoms. The van der Waals surface area contributed by atoms with Gasteiger partial charge < -0.3 is 24.2 Å². The van der Waals surface area contributed by atoms with Crippen molar-refractivity contribution in [3.8, 4) is 5.75 Å². The lowest BCUT2D eigenvalue weighted by molar-refractivity contribution is -0.147. The van der Waals surface area contributed by atoms with Crippen LogP contribution in [-0.2, 0) is 32.2 Å². The van der Waals surface area contributed by atoms with Crippen molar-refractivity contribution in [2.75, 3.05) is 25.1 Å². The average molecular weight is 604 g/mol. The number of carbonyl (C=O) groups excluding carboxylic acids is 3. The third-order valence-electron chi connectivity index (χ3n) is 8.93. The Morgan fingerprint density at radius 1 is 0.911 bits per heavy atom. The minimum atomic E-state index is -1.29. The normalized spacial score (nSPS) is 24.3. The maximum atomic E-state index is 14.7. The number of rotatable bonds is 12. The summed E-state index contributed by atoms with van der Waals surface area (Å²) in [5.74, 6) is -1.79. The van der Waals surface area contributed by atoms with Crippen molar-refractivity contribution in [1.82, 2.24) is 9.80 Å². The summed E-state index contributed by atoms with van der Waals surface area (Å²) in [5.41, 5.74) is 1.21. The molecule has 5 atom stereocenters. The van der Waals surface area contributed by atoms with E-state index in [1.54, 1.807) is 58.2 Å². The van der Waals surface area contributed by atoms with Gasteiger partial charge >= 0.3 is 0 Å². The van der Waals surface area contributed by atoms with Crippen LogP contribution >= 0.6 is 0 Å². The second-order valence-electron chi connectivity index (χ2n) is 11.6. The van der Waals surface area contributed by atoms with Gasteiger partial charge in [0.05, 0.1) is 25.0 Å². The van der Waals surface area contributed by atoms with Crippen LogP contribution in [0, 0.1) is 11.8 Å². The molecule has 1 spiro atoms. The highest BCUT2D eigenvalue weighted by molar-refractivity contribution is 6.03. The molecule has 2 saturated heterocycles. The number of ether oxygens (including phenoxy) is 2. The Labute approximate surface area is 263 Å². The summed E-state index contributed by atoms with van der Waals surface area (Å²) in [4.78, 5) is 48.6. The predicted octanol–water partition coefficient (Wildman–Crippen LogP) is 4.78. The number of benzene rings is 3. The molecule has 8 heteroatoms. The molecule has 0 radical (unpaired) electrons. The molecule has 0 unspecified atom stereocenters. The fraction of sp³-hybridized carbons (Fsp3) is 0.270. The first kappa shape index (κ1) is 30.1. The number of hydrogen-bond acceptors (Lipinski definition) is 5. The van der Waals surface area contributed by atoms with Crippen molar-refractivity contribution < 1.29 is 23.9 Å². The van der Waals surface area contributed by atoms with Crippen molar-refractivity contribution in [2.24, 2.45) is 11.8 Å². The molecule has 3 aliphatic rings. The van der Waals surface area contributed by atoms with E-state index in [0.717, 1.165) is 11.1 Å². The molecule has 230 valence electrons. The van der Waals surface area contributed by atoms with Crippen LogP contribution in [0.15, 0.2) is 122 Å². The Morgan fingerprint density at radius 2 is 1.56 bits per heavy atom. The van der Waals surface area contributed by atoms with E-state index < -0.39 is 29.6 Å². The largest absolute Gasteiger partial charge is 0.497 e. The van der Waals surface area contributed by atoms with Gasteiger partial charge in [0.15, 0.2) is 0 Å². The fourth-order valence-electron chi connectivity index (χ4n) is 6.94. The van der Waals surface area contributed by atoms with Gasteiger partial charge in [0.2, 0.25) is 17.7 Å². The standard InChI is InChI=1S/C37H37N3O5/c1-4-22-38(24-26-12-8-6-9-13-26)36(43)33-37-21-20-30(45-37)31(32(37)35(42)40(33)25-27-14-10-7-11-15-27)34(41)39(23-5-2)28-16-18-29(44-3)19-17-28/h4-21,30-33H,1-2,22-25H2,3H3/t30-,31+,32+,33-,37+/m0/s1. The minimum absolute atomic E-state index is 0.208. The van der Waals surface area contributed by atoms with Gasteiger partial charge in [0.25, 0.3) is 0 Å². The number of nitrogens with zero attached hydrogens (tertiary/aromatic N) is 3. The minimum Gasteiger partial charge on any atom is -0.497 e. The van der Waals surface area contributed by atoms with Crippen molar-refractivity contribution >= 4 is 23.4 Å². The summed E-state index contributed by atoms with van der Waals surface area (Å²) in [5, 5.41) is 0. The van der Waals surface area contributed by atoms with E-state index in [9.17, 15) is 14.4 Å². The van der Waals surface area contributed by atoms with Crippen LogP contribution in [0.1, 0.15) is 11.1 Å². The average Bonchev–Trinajstić information content (AvgIpc) is 3.71. The van der Waals surface area contributed by atoms with Crippen LogP contribution < -0.4 is 9.64 Å². The first-order valence-electron chi connectivity index (χ1n) is 15.1. The SMILES string of the molecule is C=CCN(Cc1ccccc1)C(=O)[C@@H]1N(Cc2ccccc2)C(=O)[C@H]2[C@H](C(=O)N(CC=C)c3ccc(OC)cc3)[C@@H]3C=C[C@]12O3. The molecule has 3 aliphatic heterocycles. The lowest BCUT2D eigenvalue weighted by atomic mass is 9.73. The first-order chi connectivity index (χ1) is 21.9. The molecule has 6 rings (SSSR count). The molecule has 0 saturated carbocycles. The van der Waals surface area contributed by atoms with E-state index in [-0.39, 0.29) is 30.8 Å². The van der Waals surface area contributed by atoms with Gasteiger partial charge in [0, 0.05) is 31.9 Å². The zero-order chi connectivity index (χ0) is 31.6. The summed E-state index contributed by atoms with van der Waals surface area (Å²) in [6.07, 6.45) is 6.38. The Morgan fingerprint density at radius 3 is 2.18 bits per heavy atom. The molecule has 2 fully saturated rings. The van der Waals surface area contributed by atoms with E-state index in [0.29, 0.717) is 24.5 Å². The molecule has 2 bridgehead atoms. The summed E-state index contributed by atoms with van der Waals surface area (Å²) in [6.45, 7) is 8.84. The molecule has 0 aliphatic carbocycles. The molecule has 3 heterocycles. The maximum absolute atomic E-state index is 14.7. The van der Waals surface area contributed by atoms with Gasteiger partial charge in [-0.05, 0) is 35.4 Å². The third-order valence-corrected chi connectivity index (χ3v) is 8.93. The number of methoxy groups -OCH3 is 1. The fourth-order valence-corrected chi connectivity index (χ4v) is 6.94. The van der Waals surface area contributed by atoms with E-state index in [1.807, 2.05) is 72.8 Å². The van der Waals surface area contributed by atoms with Crippen LogP contribution in [0.5, 0.6) is 5.75 Å². The number of likely N-dealkylation sites (tertiary alicyclic amines) is 1. The van der Waals surface area contributed by atoms with Crippen molar-refractivity contribution in [1.29, 1.82) is 0 Å². The van der Waals surface area contributed by atoms with Crippen LogP contribution in [-0.4, -0.2) is 65.5 Å². The quantitative estimate of drug-likeness (QED) is 0.279. The molecule has 8 nitrogen and oxygen atoms in total. The number of fused-ring (bicyclic) bond motifs is 1. The van der Waals surface area contributed by atoms with Crippen LogP contribution in [0.3, 0.4) is 0 Å². The smallest absolute Gasteiger partial charge is 0.249 e. The van der Waals surface area contributed by atoms with Gasteiger partial charge in [-0.1, -0.05) is 85.0 Å². The zero-order valence-electron chi connectivity index (χ0n) is 25.3. The Balaban J connectivity index is 1.39.